The number of H-pyrrole nitrogens is 1. The number of pyridine rings is 1. The number of rotatable bonds is 2. The van der Waals surface area contributed by atoms with E-state index < -0.39 is 0 Å². The lowest BCUT2D eigenvalue weighted by Crippen LogP contribution is -1.98. The molecule has 0 saturated carbocycles. The van der Waals surface area contributed by atoms with E-state index in [0.29, 0.717) is 17.4 Å². The summed E-state index contributed by atoms with van der Waals surface area (Å²) in [6.45, 7) is 8.56. The van der Waals surface area contributed by atoms with Crippen LogP contribution in [0.25, 0.3) is 11.0 Å². The van der Waals surface area contributed by atoms with E-state index in [4.69, 9.17) is 5.26 Å². The van der Waals surface area contributed by atoms with E-state index in [1.54, 1.807) is 6.20 Å². The van der Waals surface area contributed by atoms with Gasteiger partial charge in [0.05, 0.1) is 11.1 Å². The fourth-order valence-corrected chi connectivity index (χ4v) is 1.98. The molecule has 0 amide bonds. The van der Waals surface area contributed by atoms with Crippen molar-refractivity contribution in [2.45, 2.75) is 39.5 Å². The Morgan fingerprint density at radius 2 is 1.94 bits per heavy atom. The first-order valence-electron chi connectivity index (χ1n) is 5.96. The van der Waals surface area contributed by atoms with Crippen LogP contribution in [0.2, 0.25) is 0 Å². The zero-order valence-corrected chi connectivity index (χ0v) is 10.7. The summed E-state index contributed by atoms with van der Waals surface area (Å²) < 4.78 is 0. The number of hydrogen-bond donors (Lipinski definition) is 1. The molecule has 2 aromatic heterocycles. The Morgan fingerprint density at radius 1 is 1.24 bits per heavy atom. The van der Waals surface area contributed by atoms with Gasteiger partial charge in [0, 0.05) is 11.9 Å². The van der Waals surface area contributed by atoms with Crippen molar-refractivity contribution < 1.29 is 0 Å². The molecule has 0 saturated heterocycles. The average Bonchev–Trinajstić information content (AvgIpc) is 2.69. The molecule has 0 aliphatic heterocycles. The summed E-state index contributed by atoms with van der Waals surface area (Å²) in [5.41, 5.74) is 4.73. The van der Waals surface area contributed by atoms with Gasteiger partial charge in [-0.1, -0.05) is 27.7 Å². The average molecular weight is 227 g/mol. The minimum Gasteiger partial charge on any atom is -0.358 e. The van der Waals surface area contributed by atoms with Crippen LogP contribution in [0.3, 0.4) is 0 Å². The Hall–Kier alpha value is -1.82. The number of nitriles is 1. The predicted molar refractivity (Wildman–Crippen MR) is 69.0 cm³/mol. The molecule has 0 aliphatic carbocycles. The van der Waals surface area contributed by atoms with Gasteiger partial charge in [-0.3, -0.25) is 0 Å². The van der Waals surface area contributed by atoms with Gasteiger partial charge < -0.3 is 4.98 Å². The lowest BCUT2D eigenvalue weighted by molar-refractivity contribution is 0.810. The first kappa shape index (κ1) is 11.7. The van der Waals surface area contributed by atoms with Gasteiger partial charge in [0.2, 0.25) is 0 Å². The molecule has 0 spiro atoms. The molecular formula is C14H17N3. The van der Waals surface area contributed by atoms with Gasteiger partial charge in [-0.05, 0) is 23.5 Å². The van der Waals surface area contributed by atoms with Gasteiger partial charge in [-0.25, -0.2) is 4.98 Å². The molecule has 0 radical (unpaired) electrons. The van der Waals surface area contributed by atoms with E-state index in [1.807, 2.05) is 0 Å². The maximum atomic E-state index is 9.07. The van der Waals surface area contributed by atoms with Gasteiger partial charge in [-0.2, -0.15) is 5.26 Å². The Bertz CT molecular complexity index is 585. The second-order valence-electron chi connectivity index (χ2n) is 4.98. The highest BCUT2D eigenvalue weighted by molar-refractivity contribution is 5.85. The van der Waals surface area contributed by atoms with Crippen molar-refractivity contribution in [2.75, 3.05) is 0 Å². The lowest BCUT2D eigenvalue weighted by Gasteiger charge is -2.11. The topological polar surface area (TPSA) is 52.5 Å². The molecule has 2 aromatic rings. The highest BCUT2D eigenvalue weighted by Crippen LogP contribution is 2.28. The van der Waals surface area contributed by atoms with Crippen LogP contribution in [0.15, 0.2) is 12.3 Å². The van der Waals surface area contributed by atoms with E-state index in [-0.39, 0.29) is 0 Å². The smallest absolute Gasteiger partial charge is 0.106 e. The van der Waals surface area contributed by atoms with E-state index >= 15 is 0 Å². The number of aromatic nitrogens is 2. The molecule has 2 heterocycles. The Balaban J connectivity index is 2.80. The quantitative estimate of drug-likeness (QED) is 0.850. The maximum absolute atomic E-state index is 9.07. The molecule has 2 rings (SSSR count). The third-order valence-corrected chi connectivity index (χ3v) is 3.02. The van der Waals surface area contributed by atoms with Crippen LogP contribution in [0.1, 0.15) is 56.4 Å². The summed E-state index contributed by atoms with van der Waals surface area (Å²) in [4.78, 5) is 7.76. The second-order valence-corrected chi connectivity index (χ2v) is 4.98. The van der Waals surface area contributed by atoms with Crippen molar-refractivity contribution in [1.29, 1.82) is 5.26 Å². The van der Waals surface area contributed by atoms with Gasteiger partial charge >= 0.3 is 0 Å². The normalized spacial score (nSPS) is 11.4. The van der Waals surface area contributed by atoms with Crippen molar-refractivity contribution in [1.82, 2.24) is 9.97 Å². The summed E-state index contributed by atoms with van der Waals surface area (Å²) in [5.74, 6) is 0.793. The summed E-state index contributed by atoms with van der Waals surface area (Å²) in [5, 5.41) is 9.07. The predicted octanol–water partition coefficient (Wildman–Crippen LogP) is 3.68. The van der Waals surface area contributed by atoms with Crippen molar-refractivity contribution in [3.8, 4) is 6.07 Å². The molecule has 0 fully saturated rings. The highest BCUT2D eigenvalue weighted by atomic mass is 14.8. The first-order chi connectivity index (χ1) is 8.04. The lowest BCUT2D eigenvalue weighted by atomic mass is 9.98. The second kappa shape index (κ2) is 4.21. The summed E-state index contributed by atoms with van der Waals surface area (Å²) >= 11 is 0. The molecule has 0 aliphatic rings. The fraction of sp³-hybridized carbons (Fsp3) is 0.429. The largest absolute Gasteiger partial charge is 0.358 e. The van der Waals surface area contributed by atoms with Crippen molar-refractivity contribution in [2.24, 2.45) is 0 Å². The summed E-state index contributed by atoms with van der Waals surface area (Å²) in [6.07, 6.45) is 1.74. The highest BCUT2D eigenvalue weighted by Gasteiger charge is 2.14. The monoisotopic (exact) mass is 227 g/mol. The Labute approximate surface area is 101 Å². The van der Waals surface area contributed by atoms with Crippen LogP contribution in [-0.4, -0.2) is 9.97 Å². The van der Waals surface area contributed by atoms with Crippen LogP contribution in [0, 0.1) is 11.3 Å². The molecule has 1 N–H and O–H groups in total. The SMILES string of the molecule is CC(C)c1cc(C(C)C)c2[nH]cc(C#N)c2n1. The van der Waals surface area contributed by atoms with Crippen molar-refractivity contribution in [3.05, 3.63) is 29.1 Å². The molecule has 88 valence electrons. The zero-order valence-electron chi connectivity index (χ0n) is 10.7. The van der Waals surface area contributed by atoms with Gasteiger partial charge in [0.25, 0.3) is 0 Å². The minimum atomic E-state index is 0.373. The zero-order chi connectivity index (χ0) is 12.6. The fourth-order valence-electron chi connectivity index (χ4n) is 1.98. The van der Waals surface area contributed by atoms with Crippen LogP contribution >= 0.6 is 0 Å². The minimum absolute atomic E-state index is 0.373. The van der Waals surface area contributed by atoms with Crippen LogP contribution in [0.4, 0.5) is 0 Å². The first-order valence-corrected chi connectivity index (χ1v) is 5.96. The summed E-state index contributed by atoms with van der Waals surface area (Å²) in [7, 11) is 0. The standard InChI is InChI=1S/C14H17N3/c1-8(2)11-5-12(9(3)4)17-13-10(6-15)7-16-14(11)13/h5,7-9,16H,1-4H3. The summed E-state index contributed by atoms with van der Waals surface area (Å²) in [6, 6.07) is 4.34. The number of fused-ring (bicyclic) bond motifs is 1. The number of aromatic amines is 1. The number of nitrogens with one attached hydrogen (secondary N) is 1. The van der Waals surface area contributed by atoms with Gasteiger partial charge in [0.1, 0.15) is 11.6 Å². The van der Waals surface area contributed by atoms with E-state index in [2.05, 4.69) is 49.8 Å². The third kappa shape index (κ3) is 1.91. The molecular weight excluding hydrogens is 210 g/mol. The van der Waals surface area contributed by atoms with Gasteiger partial charge in [-0.15, -0.1) is 0 Å². The molecule has 0 atom stereocenters. The molecule has 3 nitrogen and oxygen atoms in total. The van der Waals surface area contributed by atoms with Crippen molar-refractivity contribution in [3.63, 3.8) is 0 Å². The van der Waals surface area contributed by atoms with E-state index in [1.165, 1.54) is 5.56 Å². The number of hydrogen-bond acceptors (Lipinski definition) is 2. The van der Waals surface area contributed by atoms with E-state index in [0.717, 1.165) is 16.7 Å². The molecule has 0 bridgehead atoms. The van der Waals surface area contributed by atoms with Crippen LogP contribution in [-0.2, 0) is 0 Å². The maximum Gasteiger partial charge on any atom is 0.106 e. The van der Waals surface area contributed by atoms with Crippen LogP contribution in [0.5, 0.6) is 0 Å². The molecule has 17 heavy (non-hydrogen) atoms. The van der Waals surface area contributed by atoms with Gasteiger partial charge in [0.15, 0.2) is 0 Å². The molecule has 0 unspecified atom stereocenters. The third-order valence-electron chi connectivity index (χ3n) is 3.02. The number of nitrogens with zero attached hydrogens (tertiary/aromatic N) is 2. The van der Waals surface area contributed by atoms with Crippen LogP contribution < -0.4 is 0 Å². The Kier molecular flexibility index (Phi) is 2.89. The van der Waals surface area contributed by atoms with E-state index in [9.17, 15) is 0 Å². The van der Waals surface area contributed by atoms with Crippen molar-refractivity contribution >= 4 is 11.0 Å². The molecule has 3 heteroatoms. The molecule has 0 aromatic carbocycles. The Morgan fingerprint density at radius 3 is 2.47 bits per heavy atom.